The van der Waals surface area contributed by atoms with Crippen LogP contribution in [0.1, 0.15) is 18.5 Å². The Hall–Kier alpha value is -2.69. The van der Waals surface area contributed by atoms with E-state index in [-0.39, 0.29) is 24.7 Å². The molecule has 1 aromatic carbocycles. The van der Waals surface area contributed by atoms with Crippen molar-refractivity contribution in [2.24, 2.45) is 5.92 Å². The van der Waals surface area contributed by atoms with Gasteiger partial charge in [0, 0.05) is 0 Å². The number of alkyl halides is 3. The Balaban J connectivity index is 2.08. The lowest BCUT2D eigenvalue weighted by atomic mass is 9.82. The minimum atomic E-state index is -5.32. The van der Waals surface area contributed by atoms with E-state index in [1.54, 1.807) is 0 Å². The number of aliphatic hydroxyl groups is 1. The number of hydrogen-bond acceptors (Lipinski definition) is 6. The van der Waals surface area contributed by atoms with Crippen LogP contribution in [0, 0.1) is 5.92 Å². The molecule has 0 aliphatic carbocycles. The quantitative estimate of drug-likeness (QED) is 0.685. The van der Waals surface area contributed by atoms with E-state index in [1.807, 2.05) is 0 Å². The van der Waals surface area contributed by atoms with Crippen LogP contribution in [0.25, 0.3) is 0 Å². The molecule has 0 saturated carbocycles. The number of hydrogen-bond donors (Lipinski definition) is 3. The van der Waals surface area contributed by atoms with Gasteiger partial charge in [0.1, 0.15) is 5.92 Å². The number of halogens is 3. The van der Waals surface area contributed by atoms with Gasteiger partial charge in [-0.05, 0) is 24.6 Å². The number of rotatable bonds is 3. The maximum Gasteiger partial charge on any atom is 0.437 e. The molecule has 26 heavy (non-hydrogen) atoms. The van der Waals surface area contributed by atoms with Gasteiger partial charge in [0.05, 0.1) is 12.6 Å². The summed E-state index contributed by atoms with van der Waals surface area (Å²) in [4.78, 5) is 24.0. The minimum Gasteiger partial charge on any atom is -0.466 e. The lowest BCUT2D eigenvalue weighted by Gasteiger charge is -2.44. The number of carbonyl (C=O) groups is 2. The van der Waals surface area contributed by atoms with Crippen LogP contribution in [-0.2, 0) is 9.53 Å². The largest absolute Gasteiger partial charge is 0.466 e. The molecule has 0 spiro atoms. The third-order valence-electron chi connectivity index (χ3n) is 4.10. The first-order valence-corrected chi connectivity index (χ1v) is 7.61. The molecule has 0 bridgehead atoms. The summed E-state index contributed by atoms with van der Waals surface area (Å²) >= 11 is 0. The zero-order chi connectivity index (χ0) is 19.1. The number of nitrogens with one attached hydrogen (secondary N) is 2. The molecule has 1 saturated heterocycles. The minimum absolute atomic E-state index is 0.0643. The summed E-state index contributed by atoms with van der Waals surface area (Å²) in [5, 5.41) is 13.8. The Morgan fingerprint density at radius 3 is 2.73 bits per heavy atom. The zero-order valence-corrected chi connectivity index (χ0v) is 13.4. The van der Waals surface area contributed by atoms with Gasteiger partial charge in [-0.25, -0.2) is 4.79 Å². The fraction of sp³-hybridized carbons (Fsp3) is 0.467. The molecule has 3 rings (SSSR count). The second-order valence-corrected chi connectivity index (χ2v) is 5.68. The van der Waals surface area contributed by atoms with Gasteiger partial charge < -0.3 is 30.0 Å². The van der Waals surface area contributed by atoms with Gasteiger partial charge in [0.25, 0.3) is 5.72 Å². The first-order chi connectivity index (χ1) is 12.2. The highest BCUT2D eigenvalue weighted by molar-refractivity contribution is 5.83. The van der Waals surface area contributed by atoms with Gasteiger partial charge in [-0.2, -0.15) is 13.2 Å². The standard InChI is InChI=1S/C15H15F3N2O6/c1-2-24-12(21)10-11(7-3-4-8-9(5-7)26-6-25-8)19-13(22)20-14(10,23)15(16,17)18/h3-5,10-11,23H,2,6H2,1H3,(H2,19,20,22)/t10-,11-,14-/m0/s1. The number of fused-ring (bicyclic) bond motifs is 1. The molecule has 1 aromatic rings. The van der Waals surface area contributed by atoms with E-state index in [1.165, 1.54) is 30.4 Å². The first-order valence-electron chi connectivity index (χ1n) is 7.61. The first kappa shape index (κ1) is 18.1. The average Bonchev–Trinajstić information content (AvgIpc) is 3.00. The van der Waals surface area contributed by atoms with Gasteiger partial charge in [-0.1, -0.05) is 6.07 Å². The van der Waals surface area contributed by atoms with Crippen molar-refractivity contribution in [1.82, 2.24) is 10.6 Å². The molecule has 2 amide bonds. The molecule has 11 heteroatoms. The Morgan fingerprint density at radius 2 is 2.08 bits per heavy atom. The SMILES string of the molecule is CCOC(=O)[C@@H]1[C@H](c2ccc3c(c2)OCO3)NC(=O)N[C@@]1(O)C(F)(F)F. The van der Waals surface area contributed by atoms with Crippen molar-refractivity contribution in [2.45, 2.75) is 24.9 Å². The van der Waals surface area contributed by atoms with Crippen LogP contribution >= 0.6 is 0 Å². The van der Waals surface area contributed by atoms with Crippen LogP contribution in [0.15, 0.2) is 18.2 Å². The van der Waals surface area contributed by atoms with Gasteiger partial charge in [0.15, 0.2) is 11.5 Å². The topological polar surface area (TPSA) is 106 Å². The monoisotopic (exact) mass is 376 g/mol. The number of ether oxygens (including phenoxy) is 3. The van der Waals surface area contributed by atoms with Crippen LogP contribution < -0.4 is 20.1 Å². The fourth-order valence-electron chi connectivity index (χ4n) is 2.92. The molecule has 8 nitrogen and oxygen atoms in total. The second kappa shape index (κ2) is 6.24. The van der Waals surface area contributed by atoms with Crippen LogP contribution in [-0.4, -0.2) is 42.4 Å². The highest BCUT2D eigenvalue weighted by Gasteiger charge is 2.67. The predicted molar refractivity (Wildman–Crippen MR) is 78.1 cm³/mol. The van der Waals surface area contributed by atoms with E-state index in [4.69, 9.17) is 14.2 Å². The van der Waals surface area contributed by atoms with E-state index < -0.39 is 35.9 Å². The molecule has 1 fully saturated rings. The molecule has 0 unspecified atom stereocenters. The van der Waals surface area contributed by atoms with Crippen molar-refractivity contribution in [3.05, 3.63) is 23.8 Å². The summed E-state index contributed by atoms with van der Waals surface area (Å²) < 4.78 is 55.5. The van der Waals surface area contributed by atoms with Crippen molar-refractivity contribution in [1.29, 1.82) is 0 Å². The van der Waals surface area contributed by atoms with Gasteiger partial charge in [-0.15, -0.1) is 0 Å². The number of carbonyl (C=O) groups excluding carboxylic acids is 2. The third-order valence-corrected chi connectivity index (χ3v) is 4.10. The van der Waals surface area contributed by atoms with Gasteiger partial charge >= 0.3 is 18.2 Å². The highest BCUT2D eigenvalue weighted by Crippen LogP contribution is 2.44. The second-order valence-electron chi connectivity index (χ2n) is 5.68. The summed E-state index contributed by atoms with van der Waals surface area (Å²) in [6.07, 6.45) is -5.32. The van der Waals surface area contributed by atoms with Gasteiger partial charge in [0.2, 0.25) is 6.79 Å². The van der Waals surface area contributed by atoms with Crippen LogP contribution in [0.3, 0.4) is 0 Å². The Bertz CT molecular complexity index is 741. The van der Waals surface area contributed by atoms with Crippen molar-refractivity contribution < 1.29 is 42.1 Å². The normalized spacial score (nSPS) is 27.5. The summed E-state index contributed by atoms with van der Waals surface area (Å²) in [5.74, 6) is -2.88. The maximum atomic E-state index is 13.5. The van der Waals surface area contributed by atoms with Crippen molar-refractivity contribution >= 4 is 12.0 Å². The Morgan fingerprint density at radius 1 is 1.38 bits per heavy atom. The molecular weight excluding hydrogens is 361 g/mol. The van der Waals surface area contributed by atoms with Crippen LogP contribution in [0.5, 0.6) is 11.5 Å². The summed E-state index contributed by atoms with van der Waals surface area (Å²) in [7, 11) is 0. The lowest BCUT2D eigenvalue weighted by Crippen LogP contribution is -2.73. The average molecular weight is 376 g/mol. The fourth-order valence-corrected chi connectivity index (χ4v) is 2.92. The predicted octanol–water partition coefficient (Wildman–Crippen LogP) is 1.20. The summed E-state index contributed by atoms with van der Waals surface area (Å²) in [5.41, 5.74) is -3.69. The lowest BCUT2D eigenvalue weighted by molar-refractivity contribution is -0.294. The van der Waals surface area contributed by atoms with Crippen molar-refractivity contribution in [2.75, 3.05) is 13.4 Å². The molecule has 3 atom stereocenters. The van der Waals surface area contributed by atoms with E-state index in [0.717, 1.165) is 0 Å². The number of urea groups is 1. The molecule has 0 aromatic heterocycles. The summed E-state index contributed by atoms with van der Waals surface area (Å²) in [6, 6.07) is 1.34. The van der Waals surface area contributed by atoms with Crippen LogP contribution in [0.4, 0.5) is 18.0 Å². The molecule has 2 heterocycles. The number of amides is 2. The Kier molecular flexibility index (Phi) is 4.34. The Labute approximate surface area is 145 Å². The third kappa shape index (κ3) is 2.87. The highest BCUT2D eigenvalue weighted by atomic mass is 19.4. The van der Waals surface area contributed by atoms with Gasteiger partial charge in [-0.3, -0.25) is 4.79 Å². The zero-order valence-electron chi connectivity index (χ0n) is 13.4. The van der Waals surface area contributed by atoms with Crippen molar-refractivity contribution in [3.63, 3.8) is 0 Å². The molecule has 0 radical (unpaired) electrons. The number of benzene rings is 1. The van der Waals surface area contributed by atoms with E-state index in [0.29, 0.717) is 5.75 Å². The van der Waals surface area contributed by atoms with Crippen LogP contribution in [0.2, 0.25) is 0 Å². The molecular formula is C15H15F3N2O6. The molecule has 2 aliphatic rings. The van der Waals surface area contributed by atoms with E-state index in [9.17, 15) is 27.9 Å². The number of esters is 1. The summed E-state index contributed by atoms with van der Waals surface area (Å²) in [6.45, 7) is 1.14. The van der Waals surface area contributed by atoms with E-state index >= 15 is 0 Å². The van der Waals surface area contributed by atoms with Crippen molar-refractivity contribution in [3.8, 4) is 11.5 Å². The van der Waals surface area contributed by atoms with E-state index in [2.05, 4.69) is 5.32 Å². The molecule has 3 N–H and O–H groups in total. The molecule has 2 aliphatic heterocycles. The maximum absolute atomic E-state index is 13.5. The molecule has 142 valence electrons. The smallest absolute Gasteiger partial charge is 0.437 e.